The molecule has 0 aliphatic carbocycles. The number of para-hydroxylation sites is 1. The van der Waals surface area contributed by atoms with Crippen molar-refractivity contribution in [3.63, 3.8) is 0 Å². The SMILES string of the molecule is Oc1cccc2ccc(Oc3[c-]c(-c4ccccn4)ccc3)nc12.[Pt]. The summed E-state index contributed by atoms with van der Waals surface area (Å²) in [6.45, 7) is 0. The number of pyridine rings is 2. The summed E-state index contributed by atoms with van der Waals surface area (Å²) in [4.78, 5) is 8.68. The van der Waals surface area contributed by atoms with E-state index in [0.717, 1.165) is 16.6 Å². The zero-order valence-corrected chi connectivity index (χ0v) is 15.3. The first-order chi connectivity index (χ1) is 11.8. The molecule has 0 saturated heterocycles. The van der Waals surface area contributed by atoms with Gasteiger partial charge < -0.3 is 14.8 Å². The van der Waals surface area contributed by atoms with Gasteiger partial charge in [0.2, 0.25) is 5.88 Å². The van der Waals surface area contributed by atoms with Gasteiger partial charge in [-0.3, -0.25) is 0 Å². The second-order valence-electron chi connectivity index (χ2n) is 5.24. The van der Waals surface area contributed by atoms with E-state index in [1.54, 1.807) is 24.4 Å². The first-order valence-corrected chi connectivity index (χ1v) is 7.50. The van der Waals surface area contributed by atoms with Crippen molar-refractivity contribution in [3.05, 3.63) is 79.0 Å². The molecule has 0 spiro atoms. The standard InChI is InChI=1S/C20H13N2O2.Pt/c23-18-9-4-5-14-10-11-19(22-20(14)18)24-16-7-3-6-15(13-16)17-8-1-2-12-21-17;/h1-12,23H;/q-1;. The number of benzene rings is 2. The smallest absolute Gasteiger partial charge is 0.217 e. The maximum atomic E-state index is 9.92. The zero-order chi connectivity index (χ0) is 16.4. The maximum absolute atomic E-state index is 9.92. The molecule has 4 nitrogen and oxygen atoms in total. The van der Waals surface area contributed by atoms with E-state index in [0.29, 0.717) is 17.1 Å². The largest absolute Gasteiger partial charge is 0.506 e. The van der Waals surface area contributed by atoms with Crippen molar-refractivity contribution in [1.29, 1.82) is 0 Å². The van der Waals surface area contributed by atoms with Gasteiger partial charge in [0.05, 0.1) is 0 Å². The van der Waals surface area contributed by atoms with Gasteiger partial charge in [0.1, 0.15) is 11.3 Å². The number of fused-ring (bicyclic) bond motifs is 1. The number of rotatable bonds is 3. The first-order valence-electron chi connectivity index (χ1n) is 7.50. The molecule has 0 radical (unpaired) electrons. The fourth-order valence-corrected chi connectivity index (χ4v) is 2.46. The first kappa shape index (κ1) is 17.1. The fraction of sp³-hybridized carbons (Fsp3) is 0. The third kappa shape index (κ3) is 3.70. The third-order valence-electron chi connectivity index (χ3n) is 3.60. The number of hydrogen-bond acceptors (Lipinski definition) is 4. The zero-order valence-electron chi connectivity index (χ0n) is 13.0. The third-order valence-corrected chi connectivity index (χ3v) is 3.60. The summed E-state index contributed by atoms with van der Waals surface area (Å²) in [5, 5.41) is 10.8. The summed E-state index contributed by atoms with van der Waals surface area (Å²) < 4.78 is 5.80. The van der Waals surface area contributed by atoms with Crippen LogP contribution in [0.2, 0.25) is 0 Å². The predicted octanol–water partition coefficient (Wildman–Crippen LogP) is 4.59. The molecule has 2 heterocycles. The van der Waals surface area contributed by atoms with E-state index < -0.39 is 0 Å². The number of nitrogens with zero attached hydrogens (tertiary/aromatic N) is 2. The van der Waals surface area contributed by atoms with Gasteiger partial charge in [-0.25, -0.2) is 4.98 Å². The molecule has 2 aromatic carbocycles. The van der Waals surface area contributed by atoms with Gasteiger partial charge in [0.25, 0.3) is 0 Å². The summed E-state index contributed by atoms with van der Waals surface area (Å²) in [7, 11) is 0. The molecular formula is C20H13N2O2Pt-. The topological polar surface area (TPSA) is 55.2 Å². The van der Waals surface area contributed by atoms with Crippen molar-refractivity contribution in [2.24, 2.45) is 0 Å². The number of aromatic hydroxyl groups is 1. The minimum atomic E-state index is 0. The average Bonchev–Trinajstić information content (AvgIpc) is 2.63. The van der Waals surface area contributed by atoms with Gasteiger partial charge in [0, 0.05) is 44.5 Å². The van der Waals surface area contributed by atoms with Gasteiger partial charge in [0.15, 0.2) is 0 Å². The summed E-state index contributed by atoms with van der Waals surface area (Å²) in [5.41, 5.74) is 2.18. The van der Waals surface area contributed by atoms with Crippen LogP contribution >= 0.6 is 0 Å². The Hall–Kier alpha value is -2.71. The number of phenols is 1. The van der Waals surface area contributed by atoms with Crippen LogP contribution in [0.15, 0.2) is 72.9 Å². The van der Waals surface area contributed by atoms with Crippen molar-refractivity contribution < 1.29 is 30.9 Å². The normalized spacial score (nSPS) is 10.2. The van der Waals surface area contributed by atoms with Crippen molar-refractivity contribution in [1.82, 2.24) is 9.97 Å². The van der Waals surface area contributed by atoms with E-state index in [1.807, 2.05) is 48.5 Å². The van der Waals surface area contributed by atoms with Crippen LogP contribution in [0.4, 0.5) is 0 Å². The summed E-state index contributed by atoms with van der Waals surface area (Å²) in [6.07, 6.45) is 1.74. The Morgan fingerprint density at radius 2 is 1.76 bits per heavy atom. The van der Waals surface area contributed by atoms with Gasteiger partial charge in [-0.2, -0.15) is 0 Å². The maximum Gasteiger partial charge on any atom is 0.217 e. The molecule has 0 amide bonds. The van der Waals surface area contributed by atoms with E-state index in [2.05, 4.69) is 16.0 Å². The molecule has 2 aromatic heterocycles. The quantitative estimate of drug-likeness (QED) is 0.412. The Morgan fingerprint density at radius 1 is 0.880 bits per heavy atom. The van der Waals surface area contributed by atoms with Crippen LogP contribution in [0.25, 0.3) is 22.2 Å². The Morgan fingerprint density at radius 3 is 2.60 bits per heavy atom. The van der Waals surface area contributed by atoms with Crippen molar-refractivity contribution in [3.8, 4) is 28.6 Å². The predicted molar refractivity (Wildman–Crippen MR) is 92.0 cm³/mol. The fourth-order valence-electron chi connectivity index (χ4n) is 2.46. The molecule has 0 saturated carbocycles. The molecule has 126 valence electrons. The van der Waals surface area contributed by atoms with Crippen LogP contribution in [0.1, 0.15) is 0 Å². The van der Waals surface area contributed by atoms with Gasteiger partial charge in [-0.1, -0.05) is 30.3 Å². The second kappa shape index (κ2) is 7.45. The summed E-state index contributed by atoms with van der Waals surface area (Å²) in [5.74, 6) is 1.07. The Kier molecular flexibility index (Phi) is 5.10. The Labute approximate surface area is 159 Å². The summed E-state index contributed by atoms with van der Waals surface area (Å²) in [6, 6.07) is 23.4. The van der Waals surface area contributed by atoms with Gasteiger partial charge >= 0.3 is 0 Å². The Bertz CT molecular complexity index is 1010. The molecule has 0 aliphatic heterocycles. The van der Waals surface area contributed by atoms with E-state index in [4.69, 9.17) is 4.74 Å². The number of phenolic OH excluding ortho intramolecular Hbond substituents is 1. The van der Waals surface area contributed by atoms with E-state index in [9.17, 15) is 5.11 Å². The summed E-state index contributed by atoms with van der Waals surface area (Å²) >= 11 is 0. The monoisotopic (exact) mass is 508 g/mol. The molecule has 1 N–H and O–H groups in total. The van der Waals surface area contributed by atoms with Crippen LogP contribution in [-0.4, -0.2) is 15.1 Å². The van der Waals surface area contributed by atoms with Crippen LogP contribution in [0, 0.1) is 6.07 Å². The van der Waals surface area contributed by atoms with Gasteiger partial charge in [-0.15, -0.1) is 23.8 Å². The number of ether oxygens (including phenoxy) is 1. The van der Waals surface area contributed by atoms with Crippen LogP contribution < -0.4 is 4.74 Å². The molecule has 0 atom stereocenters. The molecule has 5 heteroatoms. The van der Waals surface area contributed by atoms with E-state index in [-0.39, 0.29) is 26.8 Å². The molecule has 0 aliphatic rings. The van der Waals surface area contributed by atoms with Crippen LogP contribution in [-0.2, 0) is 21.1 Å². The molecule has 0 fully saturated rings. The molecule has 0 bridgehead atoms. The van der Waals surface area contributed by atoms with Crippen molar-refractivity contribution in [2.45, 2.75) is 0 Å². The molecule has 4 rings (SSSR count). The molecular weight excluding hydrogens is 495 g/mol. The molecule has 4 aromatic rings. The Balaban J connectivity index is 0.00000182. The van der Waals surface area contributed by atoms with Gasteiger partial charge in [-0.05, 0) is 23.9 Å². The van der Waals surface area contributed by atoms with Crippen molar-refractivity contribution >= 4 is 10.9 Å². The second-order valence-corrected chi connectivity index (χ2v) is 5.24. The minimum absolute atomic E-state index is 0. The van der Waals surface area contributed by atoms with Crippen molar-refractivity contribution in [2.75, 3.05) is 0 Å². The van der Waals surface area contributed by atoms with E-state index in [1.165, 1.54) is 0 Å². The van der Waals surface area contributed by atoms with E-state index >= 15 is 0 Å². The average molecular weight is 508 g/mol. The van der Waals surface area contributed by atoms with Crippen LogP contribution in [0.3, 0.4) is 0 Å². The minimum Gasteiger partial charge on any atom is -0.506 e. The molecule has 0 unspecified atom stereocenters. The molecule has 25 heavy (non-hydrogen) atoms. The number of aromatic nitrogens is 2. The number of hydrogen-bond donors (Lipinski definition) is 1. The van der Waals surface area contributed by atoms with Crippen LogP contribution in [0.5, 0.6) is 17.4 Å².